The van der Waals surface area contributed by atoms with Gasteiger partial charge in [-0.05, 0) is 40.8 Å². The fourth-order valence-corrected chi connectivity index (χ4v) is 4.37. The van der Waals surface area contributed by atoms with Gasteiger partial charge in [0.2, 0.25) is 0 Å². The first-order chi connectivity index (χ1) is 12.0. The van der Waals surface area contributed by atoms with Crippen LogP contribution in [0, 0.1) is 0 Å². The van der Waals surface area contributed by atoms with Gasteiger partial charge in [-0.1, -0.05) is 81.9 Å². The first kappa shape index (κ1) is 20.1. The van der Waals surface area contributed by atoms with Crippen molar-refractivity contribution in [2.24, 2.45) is 4.99 Å². The summed E-state index contributed by atoms with van der Waals surface area (Å²) in [5, 5.41) is 0. The van der Waals surface area contributed by atoms with Gasteiger partial charge < -0.3 is 0 Å². The monoisotopic (exact) mass is 372 g/mol. The predicted molar refractivity (Wildman–Crippen MR) is 115 cm³/mol. The lowest BCUT2D eigenvalue weighted by molar-refractivity contribution is 0.590. The number of thioether (sulfide) groups is 2. The van der Waals surface area contributed by atoms with Crippen molar-refractivity contribution in [3.8, 4) is 0 Å². The van der Waals surface area contributed by atoms with Gasteiger partial charge in [-0.3, -0.25) is 4.98 Å². The highest BCUT2D eigenvalue weighted by Crippen LogP contribution is 2.27. The Morgan fingerprint density at radius 3 is 2.44 bits per heavy atom. The van der Waals surface area contributed by atoms with Gasteiger partial charge in [0.1, 0.15) is 4.38 Å². The Hall–Kier alpha value is -1.26. The van der Waals surface area contributed by atoms with Crippen molar-refractivity contribution in [1.29, 1.82) is 0 Å². The summed E-state index contributed by atoms with van der Waals surface area (Å²) in [5.41, 5.74) is 3.85. The van der Waals surface area contributed by atoms with E-state index < -0.39 is 0 Å². The number of aliphatic imine (C=N–C) groups is 1. The highest BCUT2D eigenvalue weighted by atomic mass is 32.2. The third-order valence-corrected chi connectivity index (χ3v) is 6.13. The summed E-state index contributed by atoms with van der Waals surface area (Å²) in [7, 11) is 0. The number of rotatable bonds is 6. The van der Waals surface area contributed by atoms with Crippen molar-refractivity contribution >= 4 is 33.6 Å². The lowest BCUT2D eigenvalue weighted by atomic mass is 9.87. The Kier molecular flexibility index (Phi) is 8.04. The minimum atomic E-state index is 0.203. The van der Waals surface area contributed by atoms with Gasteiger partial charge in [0.25, 0.3) is 0 Å². The van der Waals surface area contributed by atoms with Crippen molar-refractivity contribution < 1.29 is 0 Å². The van der Waals surface area contributed by atoms with E-state index in [-0.39, 0.29) is 5.41 Å². The molecule has 0 spiro atoms. The maximum atomic E-state index is 4.78. The molecular weight excluding hydrogens is 344 g/mol. The zero-order valence-corrected chi connectivity index (χ0v) is 17.3. The molecule has 0 radical (unpaired) electrons. The summed E-state index contributed by atoms with van der Waals surface area (Å²) in [5.74, 6) is 2.06. The van der Waals surface area contributed by atoms with Crippen molar-refractivity contribution in [3.05, 3.63) is 59.9 Å². The molecule has 25 heavy (non-hydrogen) atoms. The molecule has 0 fully saturated rings. The molecule has 0 N–H and O–H groups in total. The molecule has 0 saturated carbocycles. The summed E-state index contributed by atoms with van der Waals surface area (Å²) in [4.78, 5) is 8.94. The molecule has 2 rings (SSSR count). The summed E-state index contributed by atoms with van der Waals surface area (Å²) >= 11 is 3.67. The van der Waals surface area contributed by atoms with Gasteiger partial charge in [0.05, 0.1) is 11.9 Å². The van der Waals surface area contributed by atoms with Gasteiger partial charge in [0, 0.05) is 11.9 Å². The van der Waals surface area contributed by atoms with Crippen LogP contribution < -0.4 is 0 Å². The number of aromatic nitrogens is 1. The highest BCUT2D eigenvalue weighted by Gasteiger charge is 2.13. The van der Waals surface area contributed by atoms with Crippen molar-refractivity contribution in [1.82, 2.24) is 4.98 Å². The fraction of sp³-hybridized carbons (Fsp3) is 0.429. The van der Waals surface area contributed by atoms with E-state index in [0.717, 1.165) is 21.6 Å². The van der Waals surface area contributed by atoms with E-state index in [2.05, 4.69) is 56.9 Å². The molecule has 0 unspecified atom stereocenters. The average molecular weight is 373 g/mol. The van der Waals surface area contributed by atoms with Gasteiger partial charge in [-0.25, -0.2) is 4.99 Å². The molecule has 0 aliphatic carbocycles. The second kappa shape index (κ2) is 10.0. The first-order valence-electron chi connectivity index (χ1n) is 8.83. The average Bonchev–Trinajstić information content (AvgIpc) is 2.60. The molecule has 0 amide bonds. The van der Waals surface area contributed by atoms with E-state index in [0.29, 0.717) is 0 Å². The molecule has 2 aromatic rings. The molecule has 1 aromatic heterocycles. The van der Waals surface area contributed by atoms with Crippen LogP contribution in [-0.2, 0) is 11.2 Å². The number of pyridine rings is 1. The molecule has 134 valence electrons. The van der Waals surface area contributed by atoms with E-state index in [1.807, 2.05) is 41.9 Å². The molecule has 1 aromatic carbocycles. The Balaban J connectivity index is 2.02. The first-order valence-corrected chi connectivity index (χ1v) is 10.8. The molecule has 1 heterocycles. The lowest BCUT2D eigenvalue weighted by Gasteiger charge is -2.19. The molecule has 0 aliphatic rings. The Morgan fingerprint density at radius 2 is 1.84 bits per heavy atom. The Morgan fingerprint density at radius 1 is 1.08 bits per heavy atom. The number of benzene rings is 1. The largest absolute Gasteiger partial charge is 0.262 e. The lowest BCUT2D eigenvalue weighted by Crippen LogP contribution is -2.10. The van der Waals surface area contributed by atoms with E-state index in [9.17, 15) is 0 Å². The summed E-state index contributed by atoms with van der Waals surface area (Å²) in [6.07, 6.45) is 6.04. The minimum absolute atomic E-state index is 0.203. The standard InChI is InChI=1S/C21H28N2S2/c1-5-6-14-24-20(23-19-8-7-13-22-15-19)25-16-17-9-11-18(12-10-17)21(2,3)4/h7-13,15H,5-6,14,16H2,1-4H3/b23-20-. The summed E-state index contributed by atoms with van der Waals surface area (Å²) in [6, 6.07) is 12.9. The van der Waals surface area contributed by atoms with Gasteiger partial charge >= 0.3 is 0 Å². The number of hydrogen-bond donors (Lipinski definition) is 0. The van der Waals surface area contributed by atoms with Crippen molar-refractivity contribution in [2.45, 2.75) is 51.7 Å². The van der Waals surface area contributed by atoms with Gasteiger partial charge in [-0.2, -0.15) is 0 Å². The van der Waals surface area contributed by atoms with Crippen LogP contribution in [0.1, 0.15) is 51.7 Å². The van der Waals surface area contributed by atoms with E-state index in [1.165, 1.54) is 24.0 Å². The van der Waals surface area contributed by atoms with E-state index >= 15 is 0 Å². The second-order valence-corrected chi connectivity index (χ2v) is 9.33. The smallest absolute Gasteiger partial charge is 0.130 e. The molecule has 2 nitrogen and oxygen atoms in total. The van der Waals surface area contributed by atoms with E-state index in [1.54, 1.807) is 6.20 Å². The normalized spacial score (nSPS) is 12.4. The minimum Gasteiger partial charge on any atom is -0.262 e. The topological polar surface area (TPSA) is 25.2 Å². The van der Waals surface area contributed by atoms with Crippen molar-refractivity contribution in [2.75, 3.05) is 5.75 Å². The Labute approximate surface area is 160 Å². The zero-order valence-electron chi connectivity index (χ0n) is 15.7. The SMILES string of the molecule is CCCCS/C(=N/c1cccnc1)SCc1ccc(C(C)(C)C)cc1. The molecule has 4 heteroatoms. The second-order valence-electron chi connectivity index (χ2n) is 7.03. The van der Waals surface area contributed by atoms with Crippen LogP contribution in [0.2, 0.25) is 0 Å². The number of unbranched alkanes of at least 4 members (excludes halogenated alkanes) is 1. The third kappa shape index (κ3) is 7.25. The van der Waals surface area contributed by atoms with Crippen LogP contribution in [-0.4, -0.2) is 15.1 Å². The molecule has 0 saturated heterocycles. The van der Waals surface area contributed by atoms with Crippen LogP contribution in [0.15, 0.2) is 53.8 Å². The molecule has 0 aliphatic heterocycles. The molecular formula is C21H28N2S2. The number of nitrogens with zero attached hydrogens (tertiary/aromatic N) is 2. The van der Waals surface area contributed by atoms with Crippen LogP contribution >= 0.6 is 23.5 Å². The van der Waals surface area contributed by atoms with Gasteiger partial charge in [-0.15, -0.1) is 0 Å². The predicted octanol–water partition coefficient (Wildman–Crippen LogP) is 6.83. The summed E-state index contributed by atoms with van der Waals surface area (Å²) in [6.45, 7) is 8.97. The van der Waals surface area contributed by atoms with Crippen LogP contribution in [0.25, 0.3) is 0 Å². The highest BCUT2D eigenvalue weighted by molar-refractivity contribution is 8.38. The van der Waals surface area contributed by atoms with E-state index in [4.69, 9.17) is 4.99 Å². The maximum absolute atomic E-state index is 4.78. The zero-order chi connectivity index (χ0) is 18.1. The maximum Gasteiger partial charge on any atom is 0.130 e. The quantitative estimate of drug-likeness (QED) is 0.315. The fourth-order valence-electron chi connectivity index (χ4n) is 2.18. The number of hydrogen-bond acceptors (Lipinski definition) is 4. The van der Waals surface area contributed by atoms with Crippen LogP contribution in [0.5, 0.6) is 0 Å². The third-order valence-electron chi connectivity index (χ3n) is 3.77. The van der Waals surface area contributed by atoms with Gasteiger partial charge in [0.15, 0.2) is 0 Å². The molecule has 0 atom stereocenters. The van der Waals surface area contributed by atoms with Crippen molar-refractivity contribution in [3.63, 3.8) is 0 Å². The summed E-state index contributed by atoms with van der Waals surface area (Å²) < 4.78 is 1.13. The van der Waals surface area contributed by atoms with Crippen LogP contribution in [0.4, 0.5) is 5.69 Å². The Bertz CT molecular complexity index is 659. The van der Waals surface area contributed by atoms with Crippen LogP contribution in [0.3, 0.4) is 0 Å². The molecule has 0 bridgehead atoms.